The van der Waals surface area contributed by atoms with E-state index in [2.05, 4.69) is 10.3 Å². The topological polar surface area (TPSA) is 79.4 Å². The first kappa shape index (κ1) is 12.3. The highest BCUT2D eigenvalue weighted by Crippen LogP contribution is 2.50. The molecule has 2 heterocycles. The van der Waals surface area contributed by atoms with E-state index in [4.69, 9.17) is 0 Å². The number of nitrogens with zero attached hydrogens (tertiary/aromatic N) is 2. The first-order valence-electron chi connectivity index (χ1n) is 6.07. The highest BCUT2D eigenvalue weighted by Gasteiger charge is 2.63. The molecule has 19 heavy (non-hydrogen) atoms. The summed E-state index contributed by atoms with van der Waals surface area (Å²) in [6.07, 6.45) is 1.04. The van der Waals surface area contributed by atoms with E-state index >= 15 is 0 Å². The Balaban J connectivity index is 1.93. The standard InChI is InChI=1S/C12H13N3O3S/c1-6-5-19-8(13-6)7(2)15-10(17)12(3-4-12)9(16)14-11(15)18/h5,7H,3-4H2,1-2H3,(H,14,16,18). The maximum atomic E-state index is 12.4. The maximum absolute atomic E-state index is 12.4. The molecule has 3 rings (SSSR count). The second-order valence-corrected chi connectivity index (χ2v) is 5.91. The molecule has 1 spiro atoms. The number of aromatic nitrogens is 1. The van der Waals surface area contributed by atoms with Gasteiger partial charge in [0.05, 0.1) is 6.04 Å². The summed E-state index contributed by atoms with van der Waals surface area (Å²) in [5.74, 6) is -0.845. The summed E-state index contributed by atoms with van der Waals surface area (Å²) in [5, 5.41) is 4.85. The maximum Gasteiger partial charge on any atom is 0.331 e. The van der Waals surface area contributed by atoms with Crippen molar-refractivity contribution in [3.05, 3.63) is 16.1 Å². The molecule has 100 valence electrons. The van der Waals surface area contributed by atoms with Crippen LogP contribution in [0.5, 0.6) is 0 Å². The van der Waals surface area contributed by atoms with Crippen molar-refractivity contribution < 1.29 is 14.4 Å². The molecule has 2 fully saturated rings. The molecular formula is C12H13N3O3S. The molecule has 6 nitrogen and oxygen atoms in total. The lowest BCUT2D eigenvalue weighted by Gasteiger charge is -2.33. The quantitative estimate of drug-likeness (QED) is 0.829. The van der Waals surface area contributed by atoms with Gasteiger partial charge in [-0.3, -0.25) is 19.8 Å². The van der Waals surface area contributed by atoms with Gasteiger partial charge in [-0.2, -0.15) is 0 Å². The van der Waals surface area contributed by atoms with Crippen LogP contribution in [0.3, 0.4) is 0 Å². The summed E-state index contributed by atoms with van der Waals surface area (Å²) < 4.78 is 0. The molecule has 1 atom stereocenters. The van der Waals surface area contributed by atoms with E-state index < -0.39 is 23.4 Å². The van der Waals surface area contributed by atoms with Crippen molar-refractivity contribution >= 4 is 29.2 Å². The largest absolute Gasteiger partial charge is 0.331 e. The predicted molar refractivity (Wildman–Crippen MR) is 67.3 cm³/mol. The number of imide groups is 2. The summed E-state index contributed by atoms with van der Waals surface area (Å²) in [6.45, 7) is 3.61. The number of urea groups is 1. The Morgan fingerprint density at radius 2 is 2.11 bits per heavy atom. The fourth-order valence-corrected chi connectivity index (χ4v) is 3.13. The van der Waals surface area contributed by atoms with Crippen molar-refractivity contribution in [3.8, 4) is 0 Å². The third kappa shape index (κ3) is 1.68. The van der Waals surface area contributed by atoms with Crippen LogP contribution in [0.25, 0.3) is 0 Å². The Hall–Kier alpha value is -1.76. The molecule has 1 N–H and O–H groups in total. The second-order valence-electron chi connectivity index (χ2n) is 5.02. The molecule has 0 bridgehead atoms. The van der Waals surface area contributed by atoms with Crippen LogP contribution in [0.4, 0.5) is 4.79 Å². The van der Waals surface area contributed by atoms with Crippen LogP contribution in [0.2, 0.25) is 0 Å². The minimum Gasteiger partial charge on any atom is -0.277 e. The number of barbiturate groups is 1. The number of carbonyl (C=O) groups excluding carboxylic acids is 3. The Bertz CT molecular complexity index is 591. The van der Waals surface area contributed by atoms with Crippen LogP contribution in [0.15, 0.2) is 5.38 Å². The average Bonchev–Trinajstić information content (AvgIpc) is 3.04. The van der Waals surface area contributed by atoms with Gasteiger partial charge in [0.25, 0.3) is 0 Å². The van der Waals surface area contributed by atoms with Crippen LogP contribution in [0, 0.1) is 12.3 Å². The third-order valence-corrected chi connectivity index (χ3v) is 4.77. The molecule has 2 aliphatic rings. The zero-order valence-electron chi connectivity index (χ0n) is 10.6. The number of thiazole rings is 1. The van der Waals surface area contributed by atoms with Crippen LogP contribution in [0.1, 0.15) is 36.5 Å². The Kier molecular flexibility index (Phi) is 2.50. The fraction of sp³-hybridized carbons (Fsp3) is 0.500. The molecule has 1 aliphatic heterocycles. The third-order valence-electron chi connectivity index (χ3n) is 3.63. The summed E-state index contributed by atoms with van der Waals surface area (Å²) >= 11 is 1.41. The summed E-state index contributed by atoms with van der Waals surface area (Å²) in [7, 11) is 0. The van der Waals surface area contributed by atoms with E-state index in [-0.39, 0.29) is 5.91 Å². The van der Waals surface area contributed by atoms with Gasteiger partial charge in [0, 0.05) is 11.1 Å². The normalized spacial score (nSPS) is 22.6. The summed E-state index contributed by atoms with van der Waals surface area (Å²) in [4.78, 5) is 41.4. The van der Waals surface area contributed by atoms with Gasteiger partial charge in [-0.1, -0.05) is 0 Å². The van der Waals surface area contributed by atoms with Gasteiger partial charge >= 0.3 is 6.03 Å². The molecule has 1 aromatic heterocycles. The van der Waals surface area contributed by atoms with Crippen molar-refractivity contribution in [1.82, 2.24) is 15.2 Å². The van der Waals surface area contributed by atoms with Gasteiger partial charge < -0.3 is 0 Å². The summed E-state index contributed by atoms with van der Waals surface area (Å²) in [5.41, 5.74) is -0.136. The fourth-order valence-electron chi connectivity index (χ4n) is 2.29. The molecule has 7 heteroatoms. The SMILES string of the molecule is Cc1csc(C(C)N2C(=O)NC(=O)C3(CC3)C2=O)n1. The lowest BCUT2D eigenvalue weighted by molar-refractivity contribution is -0.146. The van der Waals surface area contributed by atoms with Gasteiger partial charge in [0.15, 0.2) is 0 Å². The second kappa shape index (κ2) is 3.86. The van der Waals surface area contributed by atoms with Gasteiger partial charge in [0.2, 0.25) is 11.8 Å². The molecule has 4 amide bonds. The van der Waals surface area contributed by atoms with E-state index in [0.29, 0.717) is 17.8 Å². The van der Waals surface area contributed by atoms with Crippen LogP contribution >= 0.6 is 11.3 Å². The zero-order valence-corrected chi connectivity index (χ0v) is 11.4. The van der Waals surface area contributed by atoms with E-state index in [1.54, 1.807) is 6.92 Å². The number of nitrogens with one attached hydrogen (secondary N) is 1. The van der Waals surface area contributed by atoms with Crippen molar-refractivity contribution in [2.75, 3.05) is 0 Å². The average molecular weight is 279 g/mol. The van der Waals surface area contributed by atoms with Gasteiger partial charge in [-0.05, 0) is 26.7 Å². The molecule has 1 unspecified atom stereocenters. The lowest BCUT2D eigenvalue weighted by Crippen LogP contribution is -2.59. The number of rotatable bonds is 2. The monoisotopic (exact) mass is 279 g/mol. The first-order valence-corrected chi connectivity index (χ1v) is 6.95. The van der Waals surface area contributed by atoms with E-state index in [9.17, 15) is 14.4 Å². The Labute approximate surface area is 113 Å². The van der Waals surface area contributed by atoms with E-state index in [1.807, 2.05) is 12.3 Å². The summed E-state index contributed by atoms with van der Waals surface area (Å²) in [6, 6.07) is -1.09. The zero-order chi connectivity index (χ0) is 13.8. The van der Waals surface area contributed by atoms with Crippen molar-refractivity contribution in [1.29, 1.82) is 0 Å². The molecule has 1 aromatic rings. The highest BCUT2D eigenvalue weighted by atomic mass is 32.1. The van der Waals surface area contributed by atoms with Crippen molar-refractivity contribution in [3.63, 3.8) is 0 Å². The van der Waals surface area contributed by atoms with E-state index in [1.165, 1.54) is 11.3 Å². The number of hydrogen-bond acceptors (Lipinski definition) is 5. The van der Waals surface area contributed by atoms with Crippen molar-refractivity contribution in [2.24, 2.45) is 5.41 Å². The van der Waals surface area contributed by atoms with Crippen LogP contribution in [-0.4, -0.2) is 27.7 Å². The molecule has 1 saturated carbocycles. The van der Waals surface area contributed by atoms with Crippen LogP contribution in [-0.2, 0) is 9.59 Å². The first-order chi connectivity index (χ1) is 8.95. The predicted octanol–water partition coefficient (Wildman–Crippen LogP) is 1.37. The van der Waals surface area contributed by atoms with Gasteiger partial charge in [-0.15, -0.1) is 11.3 Å². The van der Waals surface area contributed by atoms with Gasteiger partial charge in [0.1, 0.15) is 10.4 Å². The van der Waals surface area contributed by atoms with Crippen molar-refractivity contribution in [2.45, 2.75) is 32.7 Å². The van der Waals surface area contributed by atoms with Gasteiger partial charge in [-0.25, -0.2) is 9.78 Å². The Morgan fingerprint density at radius 3 is 2.63 bits per heavy atom. The number of amides is 4. The van der Waals surface area contributed by atoms with E-state index in [0.717, 1.165) is 10.6 Å². The molecule has 1 saturated heterocycles. The molecule has 1 aliphatic carbocycles. The number of aryl methyl sites for hydroxylation is 1. The Morgan fingerprint density at radius 1 is 1.42 bits per heavy atom. The number of hydrogen-bond donors (Lipinski definition) is 1. The lowest BCUT2D eigenvalue weighted by atomic mass is 10.0. The molecule has 0 aromatic carbocycles. The molecule has 0 radical (unpaired) electrons. The smallest absolute Gasteiger partial charge is 0.277 e. The highest BCUT2D eigenvalue weighted by molar-refractivity contribution is 7.09. The minimum atomic E-state index is -0.992. The minimum absolute atomic E-state index is 0.387. The molecular weight excluding hydrogens is 266 g/mol. The van der Waals surface area contributed by atoms with Crippen LogP contribution < -0.4 is 5.32 Å². The number of carbonyl (C=O) groups is 3.